The number of ether oxygens (including phenoxy) is 4. The highest BCUT2D eigenvalue weighted by atomic mass is 35.5. The summed E-state index contributed by atoms with van der Waals surface area (Å²) in [6.45, 7) is 3.60. The van der Waals surface area contributed by atoms with Crippen LogP contribution in [0.2, 0.25) is 5.02 Å². The predicted molar refractivity (Wildman–Crippen MR) is 145 cm³/mol. The lowest BCUT2D eigenvalue weighted by atomic mass is 10.1. The van der Waals surface area contributed by atoms with Gasteiger partial charge in [-0.05, 0) is 60.2 Å². The third kappa shape index (κ3) is 6.49. The Morgan fingerprint density at radius 1 is 0.974 bits per heavy atom. The van der Waals surface area contributed by atoms with Crippen molar-refractivity contribution < 1.29 is 32.2 Å². The van der Waals surface area contributed by atoms with Crippen LogP contribution in [0.25, 0.3) is 0 Å². The van der Waals surface area contributed by atoms with E-state index in [2.05, 4.69) is 9.62 Å². The normalized spacial score (nSPS) is 15.2. The van der Waals surface area contributed by atoms with Gasteiger partial charge < -0.3 is 23.8 Å². The highest BCUT2D eigenvalue weighted by molar-refractivity contribution is 7.92. The van der Waals surface area contributed by atoms with Gasteiger partial charge >= 0.3 is 0 Å². The molecular formula is C27H28ClN3O7S. The molecule has 0 aromatic heterocycles. The molecule has 2 aliphatic rings. The fraction of sp³-hybridized carbons (Fsp3) is 0.296. The molecular weight excluding hydrogens is 546 g/mol. The molecule has 0 atom stereocenters. The fourth-order valence-electron chi connectivity index (χ4n) is 4.35. The Kier molecular flexibility index (Phi) is 8.01. The van der Waals surface area contributed by atoms with Gasteiger partial charge in [0.15, 0.2) is 18.1 Å². The lowest BCUT2D eigenvalue weighted by molar-refractivity contribution is -0.135. The monoisotopic (exact) mass is 573 g/mol. The van der Waals surface area contributed by atoms with Crippen molar-refractivity contribution in [1.29, 1.82) is 0 Å². The fourth-order valence-corrected chi connectivity index (χ4v) is 5.66. The quantitative estimate of drug-likeness (QED) is 0.414. The number of piperazine rings is 1. The van der Waals surface area contributed by atoms with Crippen molar-refractivity contribution in [2.45, 2.75) is 11.4 Å². The third-order valence-corrected chi connectivity index (χ3v) is 8.16. The number of benzene rings is 3. The second-order valence-corrected chi connectivity index (χ2v) is 11.1. The van der Waals surface area contributed by atoms with Crippen molar-refractivity contribution in [3.8, 4) is 23.0 Å². The maximum absolute atomic E-state index is 12.7. The number of sulfonamides is 1. The maximum Gasteiger partial charge on any atom is 0.261 e. The Bertz CT molecular complexity index is 1440. The van der Waals surface area contributed by atoms with Gasteiger partial charge in [0.2, 0.25) is 6.79 Å². The highest BCUT2D eigenvalue weighted by Gasteiger charge is 2.23. The van der Waals surface area contributed by atoms with Gasteiger partial charge in [0, 0.05) is 32.7 Å². The molecule has 1 amide bonds. The van der Waals surface area contributed by atoms with Crippen LogP contribution >= 0.6 is 11.6 Å². The Morgan fingerprint density at radius 3 is 2.44 bits per heavy atom. The van der Waals surface area contributed by atoms with Crippen LogP contribution in [0, 0.1) is 0 Å². The first-order valence-corrected chi connectivity index (χ1v) is 14.1. The SMILES string of the molecule is COc1ccc(NS(=O)(=O)c2ccc(OCC(=O)N3CCN(Cc4ccc5c(c4)OCO5)CC3)cc2)cc1Cl. The zero-order chi connectivity index (χ0) is 27.4. The first-order chi connectivity index (χ1) is 18.8. The number of halogens is 1. The van der Waals surface area contributed by atoms with E-state index < -0.39 is 10.0 Å². The van der Waals surface area contributed by atoms with Gasteiger partial charge in [0.05, 0.1) is 22.7 Å². The first-order valence-electron chi connectivity index (χ1n) is 12.3. The number of nitrogens with zero attached hydrogens (tertiary/aromatic N) is 2. The van der Waals surface area contributed by atoms with Crippen LogP contribution < -0.4 is 23.7 Å². The minimum atomic E-state index is -3.84. The van der Waals surface area contributed by atoms with E-state index in [4.69, 9.17) is 30.5 Å². The summed E-state index contributed by atoms with van der Waals surface area (Å²) in [5, 5.41) is 0.289. The van der Waals surface area contributed by atoms with Crippen LogP contribution in [0.15, 0.2) is 65.6 Å². The van der Waals surface area contributed by atoms with Crippen molar-refractivity contribution in [1.82, 2.24) is 9.80 Å². The zero-order valence-electron chi connectivity index (χ0n) is 21.3. The molecule has 3 aromatic rings. The molecule has 0 unspecified atom stereocenters. The van der Waals surface area contributed by atoms with Crippen LogP contribution in [0.1, 0.15) is 5.56 Å². The smallest absolute Gasteiger partial charge is 0.261 e. The van der Waals surface area contributed by atoms with Crippen molar-refractivity contribution >= 4 is 33.2 Å². The summed E-state index contributed by atoms with van der Waals surface area (Å²) in [5.74, 6) is 2.26. The summed E-state index contributed by atoms with van der Waals surface area (Å²) in [6, 6.07) is 16.4. The van der Waals surface area contributed by atoms with Crippen molar-refractivity contribution in [3.05, 3.63) is 71.2 Å². The zero-order valence-corrected chi connectivity index (χ0v) is 22.8. The largest absolute Gasteiger partial charge is 0.495 e. The number of hydrogen-bond donors (Lipinski definition) is 1. The number of nitrogens with one attached hydrogen (secondary N) is 1. The van der Waals surface area contributed by atoms with E-state index in [1.54, 1.807) is 17.0 Å². The molecule has 206 valence electrons. The topological polar surface area (TPSA) is 107 Å². The van der Waals surface area contributed by atoms with Gasteiger partial charge in [-0.25, -0.2) is 8.42 Å². The number of rotatable bonds is 9. The molecule has 1 saturated heterocycles. The van der Waals surface area contributed by atoms with Crippen LogP contribution in [0.4, 0.5) is 5.69 Å². The van der Waals surface area contributed by atoms with E-state index in [0.717, 1.165) is 36.7 Å². The van der Waals surface area contributed by atoms with E-state index >= 15 is 0 Å². The van der Waals surface area contributed by atoms with Gasteiger partial charge in [-0.1, -0.05) is 17.7 Å². The van der Waals surface area contributed by atoms with Crippen LogP contribution in [-0.2, 0) is 21.4 Å². The molecule has 0 saturated carbocycles. The van der Waals surface area contributed by atoms with E-state index in [1.807, 2.05) is 18.2 Å². The van der Waals surface area contributed by atoms with Crippen molar-refractivity contribution in [3.63, 3.8) is 0 Å². The standard InChI is InChI=1S/C27H28ClN3O7S/c1-35-24-9-3-20(15-23(24)28)29-39(33,34)22-6-4-21(5-7-22)36-17-27(32)31-12-10-30(11-13-31)16-19-2-8-25-26(14-19)38-18-37-25/h2-9,14-15,29H,10-13,16-18H2,1H3. The predicted octanol–water partition coefficient (Wildman–Crippen LogP) is 3.60. The molecule has 12 heteroatoms. The van der Waals surface area contributed by atoms with Crippen molar-refractivity contribution in [2.75, 3.05) is 51.4 Å². The van der Waals surface area contributed by atoms with Gasteiger partial charge in [-0.15, -0.1) is 0 Å². The summed E-state index contributed by atoms with van der Waals surface area (Å²) >= 11 is 6.08. The molecule has 1 fully saturated rings. The Labute approximate surface area is 232 Å². The molecule has 39 heavy (non-hydrogen) atoms. The number of amides is 1. The molecule has 2 aliphatic heterocycles. The van der Waals surface area contributed by atoms with Gasteiger partial charge in [-0.3, -0.25) is 14.4 Å². The minimum Gasteiger partial charge on any atom is -0.495 e. The summed E-state index contributed by atoms with van der Waals surface area (Å²) in [7, 11) is -2.37. The number of methoxy groups -OCH3 is 1. The average molecular weight is 574 g/mol. The van der Waals surface area contributed by atoms with E-state index in [1.165, 1.54) is 37.4 Å². The Hall–Kier alpha value is -3.67. The first kappa shape index (κ1) is 26.9. The lowest BCUT2D eigenvalue weighted by Gasteiger charge is -2.34. The van der Waals surface area contributed by atoms with E-state index in [9.17, 15) is 13.2 Å². The molecule has 1 N–H and O–H groups in total. The van der Waals surface area contributed by atoms with E-state index in [0.29, 0.717) is 30.3 Å². The van der Waals surface area contributed by atoms with Crippen molar-refractivity contribution in [2.24, 2.45) is 0 Å². The molecule has 5 rings (SSSR count). The second-order valence-electron chi connectivity index (χ2n) is 9.06. The van der Waals surface area contributed by atoms with Crippen LogP contribution in [0.5, 0.6) is 23.0 Å². The Morgan fingerprint density at radius 2 is 1.72 bits per heavy atom. The van der Waals surface area contributed by atoms with Gasteiger partial charge in [0.1, 0.15) is 11.5 Å². The van der Waals surface area contributed by atoms with Crippen LogP contribution in [0.3, 0.4) is 0 Å². The third-order valence-electron chi connectivity index (χ3n) is 6.47. The summed E-state index contributed by atoms with van der Waals surface area (Å²) < 4.78 is 49.5. The number of fused-ring (bicyclic) bond motifs is 1. The summed E-state index contributed by atoms with van der Waals surface area (Å²) in [5.41, 5.74) is 1.44. The van der Waals surface area contributed by atoms with E-state index in [-0.39, 0.29) is 29.2 Å². The molecule has 0 aliphatic carbocycles. The number of carbonyl (C=O) groups is 1. The molecule has 3 aromatic carbocycles. The molecule has 0 spiro atoms. The molecule has 2 heterocycles. The minimum absolute atomic E-state index is 0.0479. The highest BCUT2D eigenvalue weighted by Crippen LogP contribution is 2.33. The molecule has 0 radical (unpaired) electrons. The molecule has 10 nitrogen and oxygen atoms in total. The lowest BCUT2D eigenvalue weighted by Crippen LogP contribution is -2.49. The number of hydrogen-bond acceptors (Lipinski definition) is 8. The molecule has 0 bridgehead atoms. The second kappa shape index (κ2) is 11.6. The number of anilines is 1. The average Bonchev–Trinajstić information content (AvgIpc) is 3.40. The number of carbonyl (C=O) groups excluding carboxylic acids is 1. The van der Waals surface area contributed by atoms with Gasteiger partial charge in [0.25, 0.3) is 15.9 Å². The van der Waals surface area contributed by atoms with Gasteiger partial charge in [-0.2, -0.15) is 0 Å². The summed E-state index contributed by atoms with van der Waals surface area (Å²) in [6.07, 6.45) is 0. The maximum atomic E-state index is 12.7. The Balaban J connectivity index is 1.08. The van der Waals surface area contributed by atoms with Crippen LogP contribution in [-0.4, -0.2) is 70.8 Å². The summed E-state index contributed by atoms with van der Waals surface area (Å²) in [4.78, 5) is 16.8.